The fraction of sp³-hybridized carbons (Fsp3) is 0.435. The number of halogens is 7. The molecule has 1 saturated heterocycles. The number of alkyl halides is 7. The molecule has 0 aliphatic carbocycles. The molecule has 222 valence electrons. The number of carbonyl (C=O) groups excluding carboxylic acids is 2. The number of methoxy groups -OCH3 is 1. The minimum atomic E-state index is -5.31. The number of ether oxygens (including phenoxy) is 1. The second-order valence-corrected chi connectivity index (χ2v) is 9.33. The van der Waals surface area contributed by atoms with Crippen molar-refractivity contribution in [3.8, 4) is 17.1 Å². The van der Waals surface area contributed by atoms with Gasteiger partial charge in [-0.1, -0.05) is 0 Å². The normalized spacial score (nSPS) is 19.6. The van der Waals surface area contributed by atoms with E-state index in [2.05, 4.69) is 20.4 Å². The van der Waals surface area contributed by atoms with Gasteiger partial charge in [-0.25, -0.2) is 18.9 Å². The Balaban J connectivity index is 1.67. The molecule has 4 N–H and O–H groups in total. The molecule has 1 aliphatic heterocycles. The Hall–Kier alpha value is -4.22. The molecule has 0 spiro atoms. The number of amides is 2. The van der Waals surface area contributed by atoms with E-state index in [1.165, 1.54) is 0 Å². The highest BCUT2D eigenvalue weighted by Crippen LogP contribution is 2.39. The summed E-state index contributed by atoms with van der Waals surface area (Å²) in [6.07, 6.45) is -10.4. The van der Waals surface area contributed by atoms with Crippen molar-refractivity contribution in [1.29, 1.82) is 0 Å². The molecule has 4 rings (SSSR count). The third-order valence-corrected chi connectivity index (χ3v) is 6.57. The van der Waals surface area contributed by atoms with Gasteiger partial charge >= 0.3 is 12.4 Å². The molecule has 41 heavy (non-hydrogen) atoms. The predicted molar refractivity (Wildman–Crippen MR) is 126 cm³/mol. The first-order valence-corrected chi connectivity index (χ1v) is 11.7. The summed E-state index contributed by atoms with van der Waals surface area (Å²) in [5.74, 6) is -3.55. The molecule has 3 atom stereocenters. The molecule has 3 aromatic heterocycles. The van der Waals surface area contributed by atoms with E-state index in [0.29, 0.717) is 4.90 Å². The van der Waals surface area contributed by atoms with Crippen molar-refractivity contribution in [2.75, 3.05) is 25.9 Å². The monoisotopic (exact) mass is 593 g/mol. The first kappa shape index (κ1) is 29.8. The number of aromatic nitrogens is 4. The molecule has 11 nitrogen and oxygen atoms in total. The highest BCUT2D eigenvalue weighted by atomic mass is 19.4. The molecule has 0 unspecified atom stereocenters. The van der Waals surface area contributed by atoms with Crippen LogP contribution in [0.1, 0.15) is 29.3 Å². The maximum Gasteiger partial charge on any atom is 0.426 e. The Labute approximate surface area is 226 Å². The summed E-state index contributed by atoms with van der Waals surface area (Å²) in [4.78, 5) is 33.6. The van der Waals surface area contributed by atoms with Gasteiger partial charge < -0.3 is 25.8 Å². The van der Waals surface area contributed by atoms with Crippen LogP contribution in [0.5, 0.6) is 5.88 Å². The zero-order valence-electron chi connectivity index (χ0n) is 21.2. The first-order chi connectivity index (χ1) is 19.0. The number of aliphatic hydroxyl groups is 1. The summed E-state index contributed by atoms with van der Waals surface area (Å²) in [6.45, 7) is -0.894. The number of rotatable bonds is 5. The highest BCUT2D eigenvalue weighted by molar-refractivity contribution is 5.98. The smallest absolute Gasteiger partial charge is 0.426 e. The molecule has 0 bridgehead atoms. The topological polar surface area (TPSA) is 148 Å². The largest absolute Gasteiger partial charge is 0.480 e. The minimum Gasteiger partial charge on any atom is -0.480 e. The molecule has 2 amide bonds. The molecular weight excluding hydrogens is 571 g/mol. The summed E-state index contributed by atoms with van der Waals surface area (Å²) in [7, 11) is 1.14. The number of nitrogens with zero attached hydrogens (tertiary/aromatic N) is 5. The van der Waals surface area contributed by atoms with Crippen LogP contribution < -0.4 is 15.8 Å². The molecule has 1 aliphatic rings. The highest BCUT2D eigenvalue weighted by Gasteiger charge is 2.57. The van der Waals surface area contributed by atoms with Crippen molar-refractivity contribution in [1.82, 2.24) is 29.8 Å². The van der Waals surface area contributed by atoms with Crippen LogP contribution in [0.15, 0.2) is 24.7 Å². The molecule has 0 aromatic carbocycles. The maximum absolute atomic E-state index is 14.7. The van der Waals surface area contributed by atoms with Gasteiger partial charge in [-0.3, -0.25) is 9.59 Å². The Kier molecular flexibility index (Phi) is 7.49. The van der Waals surface area contributed by atoms with Gasteiger partial charge in [0.1, 0.15) is 23.6 Å². The zero-order valence-corrected chi connectivity index (χ0v) is 21.2. The van der Waals surface area contributed by atoms with Crippen molar-refractivity contribution in [3.05, 3.63) is 35.8 Å². The summed E-state index contributed by atoms with van der Waals surface area (Å²) in [5, 5.41) is 15.8. The molecule has 3 aromatic rings. The van der Waals surface area contributed by atoms with Gasteiger partial charge in [-0.2, -0.15) is 31.4 Å². The first-order valence-electron chi connectivity index (χ1n) is 11.7. The quantitative estimate of drug-likeness (QED) is 0.382. The molecule has 1 fully saturated rings. The van der Waals surface area contributed by atoms with E-state index in [9.17, 15) is 45.4 Å². The van der Waals surface area contributed by atoms with Gasteiger partial charge in [0.25, 0.3) is 11.8 Å². The van der Waals surface area contributed by atoms with E-state index in [1.807, 2.05) is 0 Å². The fourth-order valence-corrected chi connectivity index (χ4v) is 4.33. The lowest BCUT2D eigenvalue weighted by molar-refractivity contribution is -0.250. The van der Waals surface area contributed by atoms with Crippen LogP contribution >= 0.6 is 0 Å². The molecular formula is C23H22F7N7O4. The van der Waals surface area contributed by atoms with Crippen molar-refractivity contribution in [2.45, 2.75) is 43.5 Å². The van der Waals surface area contributed by atoms with Crippen molar-refractivity contribution >= 4 is 23.1 Å². The maximum atomic E-state index is 14.7. The van der Waals surface area contributed by atoms with E-state index in [-0.39, 0.29) is 29.6 Å². The standard InChI is InChI=1S/C23H22F7N7O4/c1-21(40,23(28,29)30)20(39)36-4-3-13(24)14(8-36)35-18(38)11-5-10(7-32-19(11)41-2)15-6-12(22(25,26)27)16-17(31)33-9-34-37(15)16/h5-7,9,13-14,40H,3-4,8H2,1-2H3,(H,35,38)(H2,31,33,34)/t13-,14+,21-/m1/s1. The van der Waals surface area contributed by atoms with Crippen LogP contribution in [0.25, 0.3) is 16.8 Å². The Morgan fingerprint density at radius 3 is 2.46 bits per heavy atom. The number of nitrogens with one attached hydrogen (secondary N) is 1. The average Bonchev–Trinajstić information content (AvgIpc) is 3.30. The fourth-order valence-electron chi connectivity index (χ4n) is 4.33. The number of fused-ring (bicyclic) bond motifs is 1. The molecule has 0 radical (unpaired) electrons. The summed E-state index contributed by atoms with van der Waals surface area (Å²) < 4.78 is 101. The third-order valence-electron chi connectivity index (χ3n) is 6.57. The van der Waals surface area contributed by atoms with Crippen LogP contribution in [-0.2, 0) is 11.0 Å². The van der Waals surface area contributed by atoms with Crippen LogP contribution in [0.4, 0.5) is 36.6 Å². The number of nitrogens with two attached hydrogens (primary N) is 1. The summed E-state index contributed by atoms with van der Waals surface area (Å²) in [5.41, 5.74) is -0.394. The van der Waals surface area contributed by atoms with Crippen molar-refractivity contribution in [2.24, 2.45) is 0 Å². The van der Waals surface area contributed by atoms with E-state index >= 15 is 0 Å². The number of hydrogen-bond acceptors (Lipinski definition) is 8. The number of piperidine rings is 1. The van der Waals surface area contributed by atoms with Crippen molar-refractivity contribution < 1.29 is 50.2 Å². The van der Waals surface area contributed by atoms with Gasteiger partial charge in [0.05, 0.1) is 24.4 Å². The number of anilines is 1. The van der Waals surface area contributed by atoms with Crippen LogP contribution in [0.3, 0.4) is 0 Å². The number of nitrogen functional groups attached to an aromatic ring is 1. The van der Waals surface area contributed by atoms with Crippen molar-refractivity contribution in [3.63, 3.8) is 0 Å². The molecule has 18 heteroatoms. The van der Waals surface area contributed by atoms with Crippen LogP contribution in [0.2, 0.25) is 0 Å². The van der Waals surface area contributed by atoms with Gasteiger partial charge in [0.15, 0.2) is 5.82 Å². The van der Waals surface area contributed by atoms with Gasteiger partial charge in [0, 0.05) is 24.8 Å². The SMILES string of the molecule is COc1ncc(-c2cc(C(F)(F)F)c3c(N)ncnn23)cc1C(=O)N[C@H]1CN(C(=O)[C@@](C)(O)C(F)(F)F)CC[C@H]1F. The average molecular weight is 593 g/mol. The lowest BCUT2D eigenvalue weighted by Gasteiger charge is -2.39. The number of pyridine rings is 1. The van der Waals surface area contributed by atoms with E-state index in [0.717, 1.165) is 36.3 Å². The van der Waals surface area contributed by atoms with Crippen LogP contribution in [0, 0.1) is 0 Å². The predicted octanol–water partition coefficient (Wildman–Crippen LogP) is 2.38. The van der Waals surface area contributed by atoms with Crippen LogP contribution in [-0.4, -0.2) is 85.6 Å². The summed E-state index contributed by atoms with van der Waals surface area (Å²) in [6, 6.07) is 0.311. The lowest BCUT2D eigenvalue weighted by Crippen LogP contribution is -2.62. The number of hydrogen-bond donors (Lipinski definition) is 3. The van der Waals surface area contributed by atoms with Gasteiger partial charge in [0.2, 0.25) is 11.5 Å². The Morgan fingerprint density at radius 1 is 1.17 bits per heavy atom. The lowest BCUT2D eigenvalue weighted by atomic mass is 9.98. The van der Waals surface area contributed by atoms with Gasteiger partial charge in [-0.05, 0) is 25.5 Å². The summed E-state index contributed by atoms with van der Waals surface area (Å²) >= 11 is 0. The zero-order chi connectivity index (χ0) is 30.5. The second-order valence-electron chi connectivity index (χ2n) is 9.33. The second kappa shape index (κ2) is 10.3. The van der Waals surface area contributed by atoms with Gasteiger partial charge in [-0.15, -0.1) is 0 Å². The number of carbonyl (C=O) groups is 2. The molecule has 0 saturated carbocycles. The third kappa shape index (κ3) is 5.42. The Morgan fingerprint density at radius 2 is 1.85 bits per heavy atom. The molecule has 4 heterocycles. The van der Waals surface area contributed by atoms with E-state index in [4.69, 9.17) is 10.5 Å². The van der Waals surface area contributed by atoms with E-state index < -0.39 is 78.4 Å². The Bertz CT molecular complexity index is 1490. The van der Waals surface area contributed by atoms with E-state index in [1.54, 1.807) is 0 Å². The number of likely N-dealkylation sites (tertiary alicyclic amines) is 1. The minimum absolute atomic E-state index is 0.0574.